The molecule has 0 saturated carbocycles. The second-order valence-electron chi connectivity index (χ2n) is 6.35. The van der Waals surface area contributed by atoms with E-state index in [0.29, 0.717) is 16.5 Å². The van der Waals surface area contributed by atoms with Gasteiger partial charge in [0.25, 0.3) is 0 Å². The van der Waals surface area contributed by atoms with Crippen molar-refractivity contribution in [3.63, 3.8) is 0 Å². The van der Waals surface area contributed by atoms with Crippen molar-refractivity contribution in [2.24, 2.45) is 0 Å². The van der Waals surface area contributed by atoms with Gasteiger partial charge in [-0.15, -0.1) is 0 Å². The van der Waals surface area contributed by atoms with Crippen LogP contribution in [0.3, 0.4) is 0 Å². The summed E-state index contributed by atoms with van der Waals surface area (Å²) in [5.74, 6) is 5.01. The molecule has 0 fully saturated rings. The average Bonchev–Trinajstić information content (AvgIpc) is 3.01. The molecule has 126 valence electrons. The molecule has 0 unspecified atom stereocenters. The first-order valence-corrected chi connectivity index (χ1v) is 8.54. The van der Waals surface area contributed by atoms with E-state index < -0.39 is 11.9 Å². The lowest BCUT2D eigenvalue weighted by molar-refractivity contribution is 0.0444. The summed E-state index contributed by atoms with van der Waals surface area (Å²) < 4.78 is 4.86. The fourth-order valence-electron chi connectivity index (χ4n) is 3.53. The standard InChI is InChI=1S/C24H12O3/c25-23-21-18(13-12-16-9-5-8-15-6-1-3-10-19(15)16)14-17-7-2-4-11-20(17)22(21)24(26)27-23/h1-11,14H. The molecule has 1 heterocycles. The van der Waals surface area contributed by atoms with Gasteiger partial charge in [0.1, 0.15) is 0 Å². The number of hydrogen-bond acceptors (Lipinski definition) is 3. The van der Waals surface area contributed by atoms with Crippen LogP contribution in [0.4, 0.5) is 0 Å². The lowest BCUT2D eigenvalue weighted by Gasteiger charge is -2.04. The van der Waals surface area contributed by atoms with Gasteiger partial charge in [0.15, 0.2) is 0 Å². The number of cyclic esters (lactones) is 2. The quantitative estimate of drug-likeness (QED) is 0.263. The minimum Gasteiger partial charge on any atom is -0.386 e. The molecule has 1 aliphatic rings. The Hall–Kier alpha value is -3.90. The maximum atomic E-state index is 12.3. The number of carbonyl (C=O) groups is 2. The van der Waals surface area contributed by atoms with E-state index in [-0.39, 0.29) is 5.56 Å². The van der Waals surface area contributed by atoms with Crippen molar-refractivity contribution in [3.05, 3.63) is 95.1 Å². The van der Waals surface area contributed by atoms with E-state index in [1.807, 2.05) is 72.8 Å². The summed E-state index contributed by atoms with van der Waals surface area (Å²) >= 11 is 0. The van der Waals surface area contributed by atoms with E-state index in [9.17, 15) is 9.59 Å². The van der Waals surface area contributed by atoms with Crippen LogP contribution < -0.4 is 0 Å². The largest absolute Gasteiger partial charge is 0.386 e. The Morgan fingerprint density at radius 2 is 1.22 bits per heavy atom. The topological polar surface area (TPSA) is 43.4 Å². The Morgan fingerprint density at radius 3 is 2.07 bits per heavy atom. The average molecular weight is 348 g/mol. The van der Waals surface area contributed by atoms with Gasteiger partial charge in [-0.3, -0.25) is 0 Å². The zero-order chi connectivity index (χ0) is 18.4. The van der Waals surface area contributed by atoms with Gasteiger partial charge in [-0.05, 0) is 33.7 Å². The van der Waals surface area contributed by atoms with Crippen LogP contribution in [0, 0.1) is 11.8 Å². The van der Waals surface area contributed by atoms with E-state index in [1.165, 1.54) is 0 Å². The minimum atomic E-state index is -0.636. The van der Waals surface area contributed by atoms with Gasteiger partial charge < -0.3 is 4.74 Å². The molecule has 27 heavy (non-hydrogen) atoms. The van der Waals surface area contributed by atoms with Crippen molar-refractivity contribution in [1.29, 1.82) is 0 Å². The first-order valence-electron chi connectivity index (χ1n) is 8.54. The summed E-state index contributed by atoms with van der Waals surface area (Å²) in [6, 6.07) is 23.2. The Kier molecular flexibility index (Phi) is 3.31. The van der Waals surface area contributed by atoms with Crippen molar-refractivity contribution in [2.45, 2.75) is 0 Å². The van der Waals surface area contributed by atoms with Crippen LogP contribution in [0.5, 0.6) is 0 Å². The Bertz CT molecular complexity index is 1330. The lowest BCUT2D eigenvalue weighted by Crippen LogP contribution is -1.98. The minimum absolute atomic E-state index is 0.256. The number of benzene rings is 4. The molecule has 1 aliphatic heterocycles. The monoisotopic (exact) mass is 348 g/mol. The lowest BCUT2D eigenvalue weighted by atomic mass is 9.95. The highest BCUT2D eigenvalue weighted by molar-refractivity contribution is 6.22. The molecule has 0 aromatic heterocycles. The first-order chi connectivity index (χ1) is 13.2. The van der Waals surface area contributed by atoms with Gasteiger partial charge in [-0.1, -0.05) is 72.5 Å². The zero-order valence-corrected chi connectivity index (χ0v) is 14.2. The highest BCUT2D eigenvalue weighted by atomic mass is 16.6. The third kappa shape index (κ3) is 2.39. The van der Waals surface area contributed by atoms with Crippen molar-refractivity contribution < 1.29 is 14.3 Å². The van der Waals surface area contributed by atoms with E-state index in [4.69, 9.17) is 4.74 Å². The highest BCUT2D eigenvalue weighted by Crippen LogP contribution is 2.31. The molecule has 0 atom stereocenters. The van der Waals surface area contributed by atoms with Gasteiger partial charge >= 0.3 is 11.9 Å². The van der Waals surface area contributed by atoms with Crippen molar-refractivity contribution in [3.8, 4) is 11.8 Å². The number of hydrogen-bond donors (Lipinski definition) is 0. The van der Waals surface area contributed by atoms with Crippen LogP contribution in [0.15, 0.2) is 72.8 Å². The number of carbonyl (C=O) groups excluding carboxylic acids is 2. The summed E-state index contributed by atoms with van der Waals surface area (Å²) in [4.78, 5) is 24.5. The molecule has 4 aromatic carbocycles. The Labute approximate surface area is 155 Å². The number of fused-ring (bicyclic) bond motifs is 4. The third-order valence-corrected chi connectivity index (χ3v) is 4.76. The summed E-state index contributed by atoms with van der Waals surface area (Å²) in [6.07, 6.45) is 0. The van der Waals surface area contributed by atoms with Crippen molar-refractivity contribution >= 4 is 33.5 Å². The van der Waals surface area contributed by atoms with Gasteiger partial charge in [0, 0.05) is 11.1 Å². The van der Waals surface area contributed by atoms with Crippen LogP contribution >= 0.6 is 0 Å². The SMILES string of the molecule is O=C1OC(=O)c2c1c(C#Cc1cccc3ccccc13)cc1ccccc21. The molecule has 0 radical (unpaired) electrons. The predicted octanol–water partition coefficient (Wildman–Crippen LogP) is 4.70. The van der Waals surface area contributed by atoms with Crippen LogP contribution in [-0.4, -0.2) is 11.9 Å². The van der Waals surface area contributed by atoms with Crippen LogP contribution in [0.2, 0.25) is 0 Å². The first kappa shape index (κ1) is 15.4. The number of rotatable bonds is 0. The number of esters is 2. The molecule has 0 N–H and O–H groups in total. The van der Waals surface area contributed by atoms with Crippen LogP contribution in [-0.2, 0) is 4.74 Å². The highest BCUT2D eigenvalue weighted by Gasteiger charge is 2.34. The normalized spacial score (nSPS) is 12.6. The maximum Gasteiger partial charge on any atom is 0.348 e. The summed E-state index contributed by atoms with van der Waals surface area (Å²) in [6.45, 7) is 0. The molecule has 0 saturated heterocycles. The fraction of sp³-hybridized carbons (Fsp3) is 0. The predicted molar refractivity (Wildman–Crippen MR) is 104 cm³/mol. The summed E-state index contributed by atoms with van der Waals surface area (Å²) in [7, 11) is 0. The van der Waals surface area contributed by atoms with Crippen molar-refractivity contribution in [2.75, 3.05) is 0 Å². The van der Waals surface area contributed by atoms with Gasteiger partial charge in [-0.2, -0.15) is 0 Å². The molecular weight excluding hydrogens is 336 g/mol. The van der Waals surface area contributed by atoms with Crippen LogP contribution in [0.1, 0.15) is 31.8 Å². The molecular formula is C24H12O3. The van der Waals surface area contributed by atoms with E-state index in [0.717, 1.165) is 21.7 Å². The smallest absolute Gasteiger partial charge is 0.348 e. The van der Waals surface area contributed by atoms with Crippen molar-refractivity contribution in [1.82, 2.24) is 0 Å². The van der Waals surface area contributed by atoms with E-state index in [2.05, 4.69) is 11.8 Å². The van der Waals surface area contributed by atoms with E-state index >= 15 is 0 Å². The Balaban J connectivity index is 1.76. The van der Waals surface area contributed by atoms with E-state index in [1.54, 1.807) is 0 Å². The number of ether oxygens (including phenoxy) is 1. The molecule has 4 aromatic rings. The summed E-state index contributed by atoms with van der Waals surface area (Å²) in [5, 5.41) is 3.70. The zero-order valence-electron chi connectivity index (χ0n) is 14.2. The van der Waals surface area contributed by atoms with Gasteiger partial charge in [0.2, 0.25) is 0 Å². The maximum absolute atomic E-state index is 12.3. The third-order valence-electron chi connectivity index (χ3n) is 4.76. The molecule has 3 heteroatoms. The van der Waals surface area contributed by atoms with Gasteiger partial charge in [-0.25, -0.2) is 9.59 Å². The second kappa shape index (κ2) is 5.82. The Morgan fingerprint density at radius 1 is 0.593 bits per heavy atom. The van der Waals surface area contributed by atoms with Crippen LogP contribution in [0.25, 0.3) is 21.5 Å². The molecule has 0 bridgehead atoms. The fourth-order valence-corrected chi connectivity index (χ4v) is 3.53. The second-order valence-corrected chi connectivity index (χ2v) is 6.35. The molecule has 0 spiro atoms. The molecule has 0 amide bonds. The van der Waals surface area contributed by atoms with Gasteiger partial charge in [0.05, 0.1) is 11.1 Å². The summed E-state index contributed by atoms with van der Waals surface area (Å²) in [5.41, 5.74) is 1.94. The molecule has 0 aliphatic carbocycles. The molecule has 3 nitrogen and oxygen atoms in total. The molecule has 5 rings (SSSR count).